The van der Waals surface area contributed by atoms with Crippen LogP contribution in [0.4, 0.5) is 0 Å². The van der Waals surface area contributed by atoms with Gasteiger partial charge in [0.05, 0.1) is 12.7 Å². The van der Waals surface area contributed by atoms with Gasteiger partial charge >= 0.3 is 0 Å². The lowest BCUT2D eigenvalue weighted by atomic mass is 9.52. The molecular weight excluding hydrogens is 428 g/mol. The third kappa shape index (κ3) is 3.42. The summed E-state index contributed by atoms with van der Waals surface area (Å²) < 4.78 is 12.3. The molecule has 6 heteroatoms. The van der Waals surface area contributed by atoms with Crippen molar-refractivity contribution >= 4 is 5.91 Å². The molecule has 0 radical (unpaired) electrons. The number of nitrogens with zero attached hydrogens (tertiary/aromatic N) is 1. The van der Waals surface area contributed by atoms with E-state index < -0.39 is 11.0 Å². The minimum atomic E-state index is -0.988. The number of ether oxygens (including phenoxy) is 2. The number of methoxy groups -OCH3 is 1. The predicted octanol–water partition coefficient (Wildman–Crippen LogP) is 3.19. The van der Waals surface area contributed by atoms with Gasteiger partial charge in [-0.25, -0.2) is 0 Å². The molecule has 3 fully saturated rings. The van der Waals surface area contributed by atoms with Crippen LogP contribution in [0, 0.1) is 5.92 Å². The van der Waals surface area contributed by atoms with E-state index in [9.17, 15) is 9.90 Å². The van der Waals surface area contributed by atoms with Gasteiger partial charge in [0.25, 0.3) is 0 Å². The Morgan fingerprint density at radius 2 is 1.97 bits per heavy atom. The molecule has 0 unspecified atom stereocenters. The molecule has 2 aliphatic carbocycles. The van der Waals surface area contributed by atoms with Crippen LogP contribution in [-0.4, -0.2) is 54.3 Å². The Morgan fingerprint density at radius 1 is 1.15 bits per heavy atom. The van der Waals surface area contributed by atoms with Crippen molar-refractivity contribution in [1.29, 1.82) is 0 Å². The van der Waals surface area contributed by atoms with Crippen LogP contribution in [0.3, 0.4) is 0 Å². The summed E-state index contributed by atoms with van der Waals surface area (Å²) in [6, 6.07) is 14.2. The highest BCUT2D eigenvalue weighted by atomic mass is 16.5. The Kier molecular flexibility index (Phi) is 5.34. The second-order valence-electron chi connectivity index (χ2n) is 10.6. The van der Waals surface area contributed by atoms with Crippen LogP contribution in [0.25, 0.3) is 0 Å². The van der Waals surface area contributed by atoms with E-state index in [1.165, 1.54) is 18.4 Å². The van der Waals surface area contributed by atoms with Crippen LogP contribution >= 0.6 is 0 Å². The summed E-state index contributed by atoms with van der Waals surface area (Å²) >= 11 is 0. The van der Waals surface area contributed by atoms with Crippen LogP contribution < -0.4 is 14.8 Å². The molecule has 2 aromatic carbocycles. The molecule has 0 spiro atoms. The molecule has 180 valence electrons. The number of nitrogens with one attached hydrogen (secondary N) is 1. The average Bonchev–Trinajstić information content (AvgIpc) is 3.67. The topological polar surface area (TPSA) is 71.0 Å². The number of carbonyl (C=O) groups excluding carboxylic acids is 1. The second-order valence-corrected chi connectivity index (χ2v) is 10.6. The molecule has 2 aliphatic heterocycles. The Bertz CT molecular complexity index is 1090. The van der Waals surface area contributed by atoms with Crippen molar-refractivity contribution in [2.24, 2.45) is 5.92 Å². The summed E-state index contributed by atoms with van der Waals surface area (Å²) in [5.74, 6) is 2.11. The van der Waals surface area contributed by atoms with Gasteiger partial charge in [-0.05, 0) is 61.8 Å². The summed E-state index contributed by atoms with van der Waals surface area (Å²) in [4.78, 5) is 15.5. The first kappa shape index (κ1) is 21.9. The maximum atomic E-state index is 12.9. The third-order valence-electron chi connectivity index (χ3n) is 8.67. The predicted molar refractivity (Wildman–Crippen MR) is 129 cm³/mol. The van der Waals surface area contributed by atoms with E-state index in [-0.39, 0.29) is 18.4 Å². The van der Waals surface area contributed by atoms with E-state index in [1.807, 2.05) is 36.4 Å². The molecule has 2 aromatic rings. The van der Waals surface area contributed by atoms with E-state index in [4.69, 9.17) is 9.47 Å². The van der Waals surface area contributed by atoms with Crippen LogP contribution in [0.5, 0.6) is 11.5 Å². The molecule has 6 nitrogen and oxygen atoms in total. The van der Waals surface area contributed by atoms with E-state index in [0.717, 1.165) is 43.0 Å². The normalized spacial score (nSPS) is 30.5. The number of piperidine rings is 1. The number of amides is 1. The minimum Gasteiger partial charge on any atom is -0.493 e. The standard InChI is InChI=1S/C28H34N2O4/c1-33-26-22(34-18-20-5-3-2-4-6-20)10-9-21-15-23-28(32)11-13-29-24(31)16-27(28,25(21)26)12-14-30(23)17-19-7-8-19/h2-6,9-10,19,23,32H,7-8,11-18H2,1H3,(H,29,31)/t23-,27-,28-/m1/s1. The van der Waals surface area contributed by atoms with Gasteiger partial charge in [0, 0.05) is 36.5 Å². The Labute approximate surface area is 201 Å². The monoisotopic (exact) mass is 462 g/mol. The second kappa shape index (κ2) is 8.28. The lowest BCUT2D eigenvalue weighted by Gasteiger charge is -2.61. The van der Waals surface area contributed by atoms with Gasteiger partial charge in [0.1, 0.15) is 6.61 Å². The van der Waals surface area contributed by atoms with Crippen molar-refractivity contribution in [2.45, 2.75) is 62.2 Å². The SMILES string of the molecule is COc1c(OCc2ccccc2)ccc2c1[C@]13CCN(CC4CC4)[C@H](C2)[C@]1(O)CCNC(=O)C3. The molecule has 2 bridgehead atoms. The molecular formula is C28H34N2O4. The van der Waals surface area contributed by atoms with Gasteiger partial charge in [-0.3, -0.25) is 9.69 Å². The molecule has 0 aromatic heterocycles. The maximum absolute atomic E-state index is 12.9. The molecule has 2 N–H and O–H groups in total. The highest BCUT2D eigenvalue weighted by molar-refractivity contribution is 5.80. The van der Waals surface area contributed by atoms with Crippen LogP contribution in [0.2, 0.25) is 0 Å². The number of rotatable bonds is 6. The fourth-order valence-corrected chi connectivity index (χ4v) is 6.84. The van der Waals surface area contributed by atoms with Crippen LogP contribution in [0.1, 0.15) is 48.8 Å². The highest BCUT2D eigenvalue weighted by Crippen LogP contribution is 2.59. The van der Waals surface area contributed by atoms with E-state index in [0.29, 0.717) is 31.1 Å². The Hall–Kier alpha value is -2.57. The zero-order valence-corrected chi connectivity index (χ0v) is 19.9. The first-order chi connectivity index (χ1) is 16.5. The van der Waals surface area contributed by atoms with Crippen molar-refractivity contribution in [2.75, 3.05) is 26.7 Å². The van der Waals surface area contributed by atoms with Crippen LogP contribution in [0.15, 0.2) is 42.5 Å². The highest BCUT2D eigenvalue weighted by Gasteiger charge is 2.65. The van der Waals surface area contributed by atoms with Crippen molar-refractivity contribution in [3.8, 4) is 11.5 Å². The first-order valence-electron chi connectivity index (χ1n) is 12.6. The average molecular weight is 463 g/mol. The maximum Gasteiger partial charge on any atom is 0.221 e. The van der Waals surface area contributed by atoms with E-state index >= 15 is 0 Å². The largest absolute Gasteiger partial charge is 0.493 e. The van der Waals surface area contributed by atoms with Gasteiger partial charge in [-0.2, -0.15) is 0 Å². The van der Waals surface area contributed by atoms with Crippen molar-refractivity contribution in [3.63, 3.8) is 0 Å². The molecule has 3 atom stereocenters. The van der Waals surface area contributed by atoms with Gasteiger partial charge in [-0.15, -0.1) is 0 Å². The fourth-order valence-electron chi connectivity index (χ4n) is 6.84. The summed E-state index contributed by atoms with van der Waals surface area (Å²) in [6.45, 7) is 2.89. The fraction of sp³-hybridized carbons (Fsp3) is 0.536. The van der Waals surface area contributed by atoms with E-state index in [1.54, 1.807) is 7.11 Å². The number of carbonyl (C=O) groups is 1. The third-order valence-corrected chi connectivity index (χ3v) is 8.67. The lowest BCUT2D eigenvalue weighted by molar-refractivity contribution is -0.154. The van der Waals surface area contributed by atoms with E-state index in [2.05, 4.69) is 16.3 Å². The summed E-state index contributed by atoms with van der Waals surface area (Å²) in [6.07, 6.45) is 4.93. The van der Waals surface area contributed by atoms with Gasteiger partial charge < -0.3 is 19.9 Å². The smallest absolute Gasteiger partial charge is 0.221 e. The molecule has 6 rings (SSSR count). The van der Waals surface area contributed by atoms with Crippen molar-refractivity contribution in [3.05, 3.63) is 59.2 Å². The molecule has 1 saturated carbocycles. The quantitative estimate of drug-likeness (QED) is 0.690. The Morgan fingerprint density at radius 3 is 2.74 bits per heavy atom. The number of likely N-dealkylation sites (tertiary alicyclic amines) is 1. The Balaban J connectivity index is 1.44. The lowest BCUT2D eigenvalue weighted by Crippen LogP contribution is -2.71. The molecule has 1 amide bonds. The number of fused-ring (bicyclic) bond motifs is 1. The summed E-state index contributed by atoms with van der Waals surface area (Å²) in [5.41, 5.74) is 1.58. The molecule has 4 aliphatic rings. The number of aliphatic hydroxyl groups is 1. The molecule has 2 saturated heterocycles. The number of hydrogen-bond donors (Lipinski definition) is 2. The van der Waals surface area contributed by atoms with Crippen molar-refractivity contribution in [1.82, 2.24) is 10.2 Å². The zero-order chi connectivity index (χ0) is 23.3. The van der Waals surface area contributed by atoms with Crippen molar-refractivity contribution < 1.29 is 19.4 Å². The molecule has 34 heavy (non-hydrogen) atoms. The summed E-state index contributed by atoms with van der Waals surface area (Å²) in [5, 5.41) is 15.5. The minimum absolute atomic E-state index is 0.0100. The number of benzene rings is 2. The zero-order valence-electron chi connectivity index (χ0n) is 19.9. The number of hydrogen-bond acceptors (Lipinski definition) is 5. The van der Waals surface area contributed by atoms with Gasteiger partial charge in [0.15, 0.2) is 11.5 Å². The first-order valence-corrected chi connectivity index (χ1v) is 12.6. The summed E-state index contributed by atoms with van der Waals surface area (Å²) in [7, 11) is 1.67. The van der Waals surface area contributed by atoms with Gasteiger partial charge in [-0.1, -0.05) is 36.4 Å². The van der Waals surface area contributed by atoms with Gasteiger partial charge in [0.2, 0.25) is 5.91 Å². The van der Waals surface area contributed by atoms with Crippen LogP contribution in [-0.2, 0) is 23.2 Å². The molecule has 2 heterocycles.